The molecule has 9 nitrogen and oxygen atoms in total. The maximum atomic E-state index is 17.0. The van der Waals surface area contributed by atoms with Gasteiger partial charge in [-0.3, -0.25) is 4.90 Å². The van der Waals surface area contributed by atoms with Gasteiger partial charge in [0.1, 0.15) is 35.1 Å². The first-order valence-corrected chi connectivity index (χ1v) is 16.0. The molecule has 0 spiro atoms. The highest BCUT2D eigenvalue weighted by atomic mass is 19.3. The first kappa shape index (κ1) is 29.1. The van der Waals surface area contributed by atoms with E-state index in [9.17, 15) is 13.2 Å². The lowest BCUT2D eigenvalue weighted by molar-refractivity contribution is 0.00803. The molecule has 14 heteroatoms. The zero-order chi connectivity index (χ0) is 32.4. The van der Waals surface area contributed by atoms with Crippen LogP contribution < -0.4 is 25.4 Å². The number of hydrogen-bond donors (Lipinski definition) is 2. The van der Waals surface area contributed by atoms with Gasteiger partial charge in [0, 0.05) is 41.7 Å². The minimum atomic E-state index is -2.84. The maximum Gasteiger partial charge on any atom is 0.319 e. The summed E-state index contributed by atoms with van der Waals surface area (Å²) in [5.74, 6) is -5.62. The number of hydrogen-bond acceptors (Lipinski definition) is 9. The standard InChI is InChI=1S/C33H32F5N7O2/c1-15-28-21-6-4-18(40-21)11-45(28)29-23-27(42-31(43-29)46-14-32-7-2-8-44(32)13-33(37,38)12-32)25(36)26(41-30(23)47-15)19-10-17(39)9-16-3-5-20(34)24(35)22(16)19/h3,5,9-10,15,18,21,28,40H,2,4,6-8,11-14,39H2,1H3/t15-,18+,21-,28+,32?/m0/s1. The summed E-state index contributed by atoms with van der Waals surface area (Å²) in [4.78, 5) is 17.7. The Labute approximate surface area is 266 Å². The molecule has 3 N–H and O–H groups in total. The molecule has 5 aliphatic rings. The summed E-state index contributed by atoms with van der Waals surface area (Å²) < 4.78 is 88.5. The Bertz CT molecular complexity index is 1980. The Balaban J connectivity index is 1.25. The van der Waals surface area contributed by atoms with Crippen molar-refractivity contribution in [2.24, 2.45) is 0 Å². The summed E-state index contributed by atoms with van der Waals surface area (Å²) in [7, 11) is 0. The average Bonchev–Trinajstić information content (AvgIpc) is 3.64. The molecule has 1 unspecified atom stereocenters. The molecule has 2 bridgehead atoms. The lowest BCUT2D eigenvalue weighted by Crippen LogP contribution is -2.62. The van der Waals surface area contributed by atoms with Crippen LogP contribution in [0.3, 0.4) is 0 Å². The van der Waals surface area contributed by atoms with Crippen molar-refractivity contribution in [2.45, 2.75) is 74.7 Å². The number of anilines is 2. The molecule has 2 aromatic carbocycles. The quantitative estimate of drug-likeness (QED) is 0.228. The van der Waals surface area contributed by atoms with Crippen LogP contribution in [-0.2, 0) is 0 Å². The summed E-state index contributed by atoms with van der Waals surface area (Å²) in [5, 5.41) is 3.94. The van der Waals surface area contributed by atoms with Crippen molar-refractivity contribution >= 4 is 33.2 Å². The van der Waals surface area contributed by atoms with E-state index in [-0.39, 0.29) is 88.2 Å². The van der Waals surface area contributed by atoms with Crippen molar-refractivity contribution in [2.75, 3.05) is 36.9 Å². The van der Waals surface area contributed by atoms with Crippen molar-refractivity contribution in [3.05, 3.63) is 41.7 Å². The second-order valence-corrected chi connectivity index (χ2v) is 13.7. The normalized spacial score (nSPS) is 29.2. The van der Waals surface area contributed by atoms with Crippen LogP contribution >= 0.6 is 0 Å². The van der Waals surface area contributed by atoms with E-state index in [0.717, 1.165) is 25.3 Å². The highest BCUT2D eigenvalue weighted by Gasteiger charge is 2.57. The molecule has 5 aliphatic heterocycles. The largest absolute Gasteiger partial charge is 0.472 e. The van der Waals surface area contributed by atoms with Crippen molar-refractivity contribution in [1.82, 2.24) is 25.2 Å². The van der Waals surface area contributed by atoms with Gasteiger partial charge in [-0.15, -0.1) is 0 Å². The molecule has 9 rings (SSSR count). The molecule has 2 aromatic heterocycles. The second-order valence-electron chi connectivity index (χ2n) is 13.7. The number of rotatable bonds is 4. The first-order chi connectivity index (χ1) is 22.5. The van der Waals surface area contributed by atoms with Crippen molar-refractivity contribution in [3.63, 3.8) is 0 Å². The highest BCUT2D eigenvalue weighted by molar-refractivity contribution is 6.03. The van der Waals surface area contributed by atoms with Gasteiger partial charge >= 0.3 is 6.01 Å². The molecular weight excluding hydrogens is 621 g/mol. The predicted molar refractivity (Wildman–Crippen MR) is 164 cm³/mol. The number of fused-ring (bicyclic) bond motifs is 7. The van der Waals surface area contributed by atoms with Gasteiger partial charge in [0.2, 0.25) is 5.88 Å². The van der Waals surface area contributed by atoms with Crippen molar-refractivity contribution in [1.29, 1.82) is 0 Å². The van der Waals surface area contributed by atoms with E-state index in [4.69, 9.17) is 20.2 Å². The summed E-state index contributed by atoms with van der Waals surface area (Å²) in [6.45, 7) is 2.59. The summed E-state index contributed by atoms with van der Waals surface area (Å²) in [6, 6.07) is 5.05. The van der Waals surface area contributed by atoms with E-state index in [1.165, 1.54) is 18.2 Å². The van der Waals surface area contributed by atoms with Gasteiger partial charge < -0.3 is 25.4 Å². The smallest absolute Gasteiger partial charge is 0.319 e. The number of nitrogen functional groups attached to an aromatic ring is 1. The van der Waals surface area contributed by atoms with Crippen LogP contribution in [-0.4, -0.2) is 81.8 Å². The number of ether oxygens (including phenoxy) is 2. The van der Waals surface area contributed by atoms with Gasteiger partial charge in [-0.1, -0.05) is 6.07 Å². The van der Waals surface area contributed by atoms with Crippen LogP contribution in [0, 0.1) is 17.5 Å². The maximum absolute atomic E-state index is 17.0. The number of aromatic nitrogens is 3. The first-order valence-electron chi connectivity index (χ1n) is 16.0. The number of nitrogens with two attached hydrogens (primary N) is 1. The summed E-state index contributed by atoms with van der Waals surface area (Å²) in [5.41, 5.74) is 4.89. The number of nitrogens with one attached hydrogen (secondary N) is 1. The number of nitrogens with zero attached hydrogens (tertiary/aromatic N) is 5. The molecule has 7 heterocycles. The minimum Gasteiger partial charge on any atom is -0.472 e. The predicted octanol–water partition coefficient (Wildman–Crippen LogP) is 5.19. The van der Waals surface area contributed by atoms with Crippen LogP contribution in [0.2, 0.25) is 0 Å². The molecule has 0 amide bonds. The molecule has 4 fully saturated rings. The number of pyridine rings is 1. The van der Waals surface area contributed by atoms with Crippen molar-refractivity contribution < 1.29 is 31.4 Å². The van der Waals surface area contributed by atoms with Gasteiger partial charge in [-0.2, -0.15) is 9.97 Å². The van der Waals surface area contributed by atoms with E-state index in [2.05, 4.69) is 20.2 Å². The molecule has 4 saturated heterocycles. The Morgan fingerprint density at radius 2 is 1.94 bits per heavy atom. The number of benzene rings is 2. The van der Waals surface area contributed by atoms with E-state index >= 15 is 8.78 Å². The third kappa shape index (κ3) is 4.36. The fourth-order valence-corrected chi connectivity index (χ4v) is 8.81. The molecule has 0 radical (unpaired) electrons. The zero-order valence-electron chi connectivity index (χ0n) is 25.5. The Morgan fingerprint density at radius 1 is 1.09 bits per heavy atom. The van der Waals surface area contributed by atoms with E-state index in [1.54, 1.807) is 4.90 Å². The third-order valence-electron chi connectivity index (χ3n) is 10.7. The topological polar surface area (TPSA) is 102 Å². The lowest BCUT2D eigenvalue weighted by atomic mass is 9.94. The van der Waals surface area contributed by atoms with Crippen LogP contribution in [0.25, 0.3) is 32.9 Å². The van der Waals surface area contributed by atoms with Gasteiger partial charge in [-0.05, 0) is 62.7 Å². The van der Waals surface area contributed by atoms with Gasteiger partial charge in [-0.25, -0.2) is 26.9 Å². The number of halogens is 5. The van der Waals surface area contributed by atoms with Crippen LogP contribution in [0.5, 0.6) is 11.9 Å². The molecule has 246 valence electrons. The Morgan fingerprint density at radius 3 is 2.79 bits per heavy atom. The number of alkyl halides is 2. The third-order valence-corrected chi connectivity index (χ3v) is 10.7. The summed E-state index contributed by atoms with van der Waals surface area (Å²) in [6.07, 6.45) is 2.39. The minimum absolute atomic E-state index is 0.0408. The monoisotopic (exact) mass is 653 g/mol. The molecule has 47 heavy (non-hydrogen) atoms. The highest BCUT2D eigenvalue weighted by Crippen LogP contribution is 2.48. The lowest BCUT2D eigenvalue weighted by Gasteiger charge is -2.42. The van der Waals surface area contributed by atoms with Crippen molar-refractivity contribution in [3.8, 4) is 23.1 Å². The molecule has 5 atom stereocenters. The van der Waals surface area contributed by atoms with Gasteiger partial charge in [0.25, 0.3) is 5.92 Å². The zero-order valence-corrected chi connectivity index (χ0v) is 25.5. The average molecular weight is 654 g/mol. The number of piperazine rings is 1. The molecule has 0 aliphatic carbocycles. The van der Waals surface area contributed by atoms with Gasteiger partial charge in [0.05, 0.1) is 18.1 Å². The molecule has 0 saturated carbocycles. The SMILES string of the molecule is C[C@@H]1Oc2nc(-c3cc(N)cc4ccc(F)c(F)c34)c(F)c3nc(OCC45CCCN4CC(F)(F)C5)nc(c23)N2C[C@H]3CC[C@H](N3)[C@@H]12. The molecule has 4 aromatic rings. The Kier molecular flexibility index (Phi) is 6.19. The second kappa shape index (κ2) is 9.99. The fourth-order valence-electron chi connectivity index (χ4n) is 8.81. The van der Waals surface area contributed by atoms with Crippen LogP contribution in [0.4, 0.5) is 33.5 Å². The fraction of sp³-hybridized carbons (Fsp3) is 0.485. The summed E-state index contributed by atoms with van der Waals surface area (Å²) >= 11 is 0. The van der Waals surface area contributed by atoms with E-state index in [0.29, 0.717) is 25.3 Å². The van der Waals surface area contributed by atoms with Gasteiger partial charge in [0.15, 0.2) is 17.5 Å². The molecular formula is C33H32F5N7O2. The van der Waals surface area contributed by atoms with E-state index < -0.39 is 35.0 Å². The van der Waals surface area contributed by atoms with Crippen LogP contribution in [0.1, 0.15) is 39.0 Å². The van der Waals surface area contributed by atoms with E-state index in [1.807, 2.05) is 6.92 Å². The van der Waals surface area contributed by atoms with Crippen LogP contribution in [0.15, 0.2) is 24.3 Å². The Hall–Kier alpha value is -4.04.